The van der Waals surface area contributed by atoms with Crippen LogP contribution in [-0.2, 0) is 4.79 Å². The molecule has 2 aliphatic carbocycles. The van der Waals surface area contributed by atoms with E-state index in [1.165, 1.54) is 25.7 Å². The van der Waals surface area contributed by atoms with Crippen LogP contribution in [0.25, 0.3) is 0 Å². The molecule has 1 N–H and O–H groups in total. The molecule has 3 nitrogen and oxygen atoms in total. The first-order valence-electron chi connectivity index (χ1n) is 6.71. The summed E-state index contributed by atoms with van der Waals surface area (Å²) in [7, 11) is 0. The van der Waals surface area contributed by atoms with Gasteiger partial charge in [0.2, 0.25) is 0 Å². The van der Waals surface area contributed by atoms with Crippen LogP contribution >= 0.6 is 0 Å². The van der Waals surface area contributed by atoms with Crippen molar-refractivity contribution in [2.75, 3.05) is 13.1 Å². The van der Waals surface area contributed by atoms with Gasteiger partial charge < -0.3 is 5.11 Å². The summed E-state index contributed by atoms with van der Waals surface area (Å²) in [5.74, 6) is 1.15. The maximum Gasteiger partial charge on any atom is 0.307 e. The number of piperidine rings is 1. The lowest BCUT2D eigenvalue weighted by molar-refractivity contribution is -0.144. The summed E-state index contributed by atoms with van der Waals surface area (Å²) in [6.45, 7) is 1.95. The van der Waals surface area contributed by atoms with Crippen LogP contribution < -0.4 is 0 Å². The molecule has 1 heterocycles. The van der Waals surface area contributed by atoms with Crippen molar-refractivity contribution < 1.29 is 9.90 Å². The van der Waals surface area contributed by atoms with Crippen molar-refractivity contribution in [2.24, 2.45) is 17.8 Å². The molecule has 4 unspecified atom stereocenters. The van der Waals surface area contributed by atoms with E-state index in [0.717, 1.165) is 43.8 Å². The summed E-state index contributed by atoms with van der Waals surface area (Å²) in [5, 5.41) is 9.10. The minimum atomic E-state index is -0.590. The summed E-state index contributed by atoms with van der Waals surface area (Å²) in [6, 6.07) is 0.723. The lowest BCUT2D eigenvalue weighted by Crippen LogP contribution is -2.46. The van der Waals surface area contributed by atoms with Gasteiger partial charge in [-0.3, -0.25) is 9.69 Å². The van der Waals surface area contributed by atoms with Gasteiger partial charge in [-0.1, -0.05) is 6.42 Å². The van der Waals surface area contributed by atoms with E-state index in [1.54, 1.807) is 0 Å². The third-order valence-corrected chi connectivity index (χ3v) is 4.97. The first-order valence-corrected chi connectivity index (χ1v) is 6.71. The monoisotopic (exact) mass is 223 g/mol. The average molecular weight is 223 g/mol. The molecule has 0 amide bonds. The second-order valence-corrected chi connectivity index (χ2v) is 5.91. The molecule has 1 aliphatic heterocycles. The summed E-state index contributed by atoms with van der Waals surface area (Å²) >= 11 is 0. The molecular formula is C13H21NO2. The molecule has 2 saturated carbocycles. The third-order valence-electron chi connectivity index (χ3n) is 4.97. The molecule has 0 aromatic rings. The van der Waals surface area contributed by atoms with Gasteiger partial charge in [-0.05, 0) is 50.5 Å². The molecule has 16 heavy (non-hydrogen) atoms. The lowest BCUT2D eigenvalue weighted by atomic mass is 9.90. The van der Waals surface area contributed by atoms with Crippen LogP contribution in [0.4, 0.5) is 0 Å². The molecule has 0 aromatic carbocycles. The smallest absolute Gasteiger partial charge is 0.307 e. The Morgan fingerprint density at radius 1 is 1.19 bits per heavy atom. The van der Waals surface area contributed by atoms with E-state index < -0.39 is 5.97 Å². The Bertz CT molecular complexity index is 292. The number of hydrogen-bond acceptors (Lipinski definition) is 2. The highest BCUT2D eigenvalue weighted by molar-refractivity contribution is 5.70. The fraction of sp³-hybridized carbons (Fsp3) is 0.923. The van der Waals surface area contributed by atoms with Crippen LogP contribution in [0.3, 0.4) is 0 Å². The summed E-state index contributed by atoms with van der Waals surface area (Å²) in [5.41, 5.74) is 0. The van der Waals surface area contributed by atoms with E-state index in [-0.39, 0.29) is 5.92 Å². The van der Waals surface area contributed by atoms with Gasteiger partial charge >= 0.3 is 5.97 Å². The standard InChI is InChI=1S/C13H21NO2/c15-13(16)11-2-1-5-14(8-11)12-7-9-3-4-10(12)6-9/h9-12H,1-8H2,(H,15,16). The van der Waals surface area contributed by atoms with Gasteiger partial charge in [-0.2, -0.15) is 0 Å². The zero-order valence-corrected chi connectivity index (χ0v) is 9.77. The maximum atomic E-state index is 11.0. The van der Waals surface area contributed by atoms with Crippen LogP contribution in [0.2, 0.25) is 0 Å². The van der Waals surface area contributed by atoms with Crippen molar-refractivity contribution in [1.29, 1.82) is 0 Å². The fourth-order valence-electron chi connectivity index (χ4n) is 4.17. The van der Waals surface area contributed by atoms with Crippen molar-refractivity contribution in [1.82, 2.24) is 4.90 Å². The number of likely N-dealkylation sites (tertiary alicyclic amines) is 1. The molecule has 0 radical (unpaired) electrons. The zero-order valence-electron chi connectivity index (χ0n) is 9.77. The largest absolute Gasteiger partial charge is 0.481 e. The summed E-state index contributed by atoms with van der Waals surface area (Å²) in [6.07, 6.45) is 7.54. The van der Waals surface area contributed by atoms with E-state index >= 15 is 0 Å². The zero-order chi connectivity index (χ0) is 11.1. The number of hydrogen-bond donors (Lipinski definition) is 1. The van der Waals surface area contributed by atoms with E-state index in [4.69, 9.17) is 5.11 Å². The predicted molar refractivity (Wildman–Crippen MR) is 61.2 cm³/mol. The van der Waals surface area contributed by atoms with Gasteiger partial charge in [0.05, 0.1) is 5.92 Å². The fourth-order valence-corrected chi connectivity index (χ4v) is 4.17. The molecular weight excluding hydrogens is 202 g/mol. The summed E-state index contributed by atoms with van der Waals surface area (Å²) < 4.78 is 0. The Morgan fingerprint density at radius 2 is 2.06 bits per heavy atom. The van der Waals surface area contributed by atoms with E-state index in [9.17, 15) is 4.79 Å². The van der Waals surface area contributed by atoms with E-state index in [1.807, 2.05) is 0 Å². The Morgan fingerprint density at radius 3 is 2.69 bits per heavy atom. The number of nitrogens with zero attached hydrogens (tertiary/aromatic N) is 1. The lowest BCUT2D eigenvalue weighted by Gasteiger charge is -2.39. The molecule has 90 valence electrons. The van der Waals surface area contributed by atoms with Crippen LogP contribution in [0.5, 0.6) is 0 Å². The third kappa shape index (κ3) is 1.75. The van der Waals surface area contributed by atoms with Crippen molar-refractivity contribution in [3.05, 3.63) is 0 Å². The quantitative estimate of drug-likeness (QED) is 0.778. The average Bonchev–Trinajstić information content (AvgIpc) is 2.91. The van der Waals surface area contributed by atoms with Crippen LogP contribution in [0.1, 0.15) is 38.5 Å². The van der Waals surface area contributed by atoms with Gasteiger partial charge in [0.15, 0.2) is 0 Å². The van der Waals surface area contributed by atoms with Crippen LogP contribution in [0, 0.1) is 17.8 Å². The molecule has 0 spiro atoms. The highest BCUT2D eigenvalue weighted by Gasteiger charge is 2.43. The topological polar surface area (TPSA) is 40.5 Å². The van der Waals surface area contributed by atoms with Gasteiger partial charge in [0, 0.05) is 12.6 Å². The van der Waals surface area contributed by atoms with Gasteiger partial charge in [0.1, 0.15) is 0 Å². The number of carbonyl (C=O) groups is 1. The molecule has 4 atom stereocenters. The number of aliphatic carboxylic acids is 1. The highest BCUT2D eigenvalue weighted by atomic mass is 16.4. The molecule has 3 rings (SSSR count). The molecule has 3 fully saturated rings. The van der Waals surface area contributed by atoms with Gasteiger partial charge in [0.25, 0.3) is 0 Å². The predicted octanol–water partition coefficient (Wildman–Crippen LogP) is 1.97. The molecule has 3 heteroatoms. The minimum Gasteiger partial charge on any atom is -0.481 e. The number of carboxylic acids is 1. The first-order chi connectivity index (χ1) is 7.74. The van der Waals surface area contributed by atoms with Crippen molar-refractivity contribution in [3.8, 4) is 0 Å². The van der Waals surface area contributed by atoms with Gasteiger partial charge in [-0.15, -0.1) is 0 Å². The molecule has 0 aromatic heterocycles. The Balaban J connectivity index is 1.64. The normalized spacial score (nSPS) is 43.8. The van der Waals surface area contributed by atoms with Crippen LogP contribution in [0.15, 0.2) is 0 Å². The number of rotatable bonds is 2. The Kier molecular flexibility index (Phi) is 2.66. The van der Waals surface area contributed by atoms with E-state index in [2.05, 4.69) is 4.90 Å². The van der Waals surface area contributed by atoms with Crippen LogP contribution in [-0.4, -0.2) is 35.1 Å². The van der Waals surface area contributed by atoms with Gasteiger partial charge in [-0.25, -0.2) is 0 Å². The number of carboxylic acid groups (broad SMARTS) is 1. The first kappa shape index (κ1) is 10.6. The summed E-state index contributed by atoms with van der Waals surface area (Å²) in [4.78, 5) is 13.5. The minimum absolute atomic E-state index is 0.104. The van der Waals surface area contributed by atoms with Crippen molar-refractivity contribution >= 4 is 5.97 Å². The Labute approximate surface area is 96.8 Å². The van der Waals surface area contributed by atoms with Crippen molar-refractivity contribution in [2.45, 2.75) is 44.6 Å². The molecule has 2 bridgehead atoms. The number of fused-ring (bicyclic) bond motifs is 2. The Hall–Kier alpha value is -0.570. The second kappa shape index (κ2) is 4.02. The SMILES string of the molecule is O=C(O)C1CCCN(C2CC3CCC2C3)C1. The van der Waals surface area contributed by atoms with Crippen molar-refractivity contribution in [3.63, 3.8) is 0 Å². The van der Waals surface area contributed by atoms with E-state index in [0.29, 0.717) is 0 Å². The second-order valence-electron chi connectivity index (χ2n) is 5.91. The molecule has 3 aliphatic rings. The molecule has 1 saturated heterocycles. The maximum absolute atomic E-state index is 11.0. The highest BCUT2D eigenvalue weighted by Crippen LogP contribution is 2.47.